The highest BCUT2D eigenvalue weighted by Crippen LogP contribution is 2.18. The van der Waals surface area contributed by atoms with Crippen LogP contribution in [0.2, 0.25) is 5.02 Å². The van der Waals surface area contributed by atoms with Crippen LogP contribution >= 0.6 is 11.6 Å². The zero-order valence-corrected chi connectivity index (χ0v) is 10.9. The average molecular weight is 286 g/mol. The second-order valence-electron chi connectivity index (χ2n) is 4.16. The number of aromatic nitrogens is 4. The molecule has 0 unspecified atom stereocenters. The number of hydrogen-bond donors (Lipinski definition) is 0. The molecule has 0 aliphatic carbocycles. The lowest BCUT2D eigenvalue weighted by Gasteiger charge is -2.03. The van der Waals surface area contributed by atoms with Crippen LogP contribution in [0, 0.1) is 11.3 Å². The number of hydrogen-bond acceptors (Lipinski definition) is 4. The van der Waals surface area contributed by atoms with E-state index in [-0.39, 0.29) is 12.2 Å². The van der Waals surface area contributed by atoms with Gasteiger partial charge in [-0.15, -0.1) is 5.10 Å². The summed E-state index contributed by atoms with van der Waals surface area (Å²) in [5, 5.41) is 13.4. The van der Waals surface area contributed by atoms with Crippen LogP contribution in [0.3, 0.4) is 0 Å². The van der Waals surface area contributed by atoms with Gasteiger partial charge in [-0.3, -0.25) is 4.98 Å². The van der Waals surface area contributed by atoms with Crippen LogP contribution in [0.4, 0.5) is 0 Å². The molecule has 0 saturated heterocycles. The van der Waals surface area contributed by atoms with Crippen molar-refractivity contribution in [1.82, 2.24) is 19.2 Å². The van der Waals surface area contributed by atoms with Crippen molar-refractivity contribution in [2.45, 2.75) is 6.54 Å². The highest BCUT2D eigenvalue weighted by Gasteiger charge is 2.09. The number of rotatable bonds is 2. The number of nitriles is 1. The van der Waals surface area contributed by atoms with E-state index < -0.39 is 0 Å². The minimum absolute atomic E-state index is 0.241. The largest absolute Gasteiger partial charge is 0.350 e. The van der Waals surface area contributed by atoms with E-state index >= 15 is 0 Å². The summed E-state index contributed by atoms with van der Waals surface area (Å²) in [6.07, 6.45) is 4.59. The maximum atomic E-state index is 12.1. The fraction of sp³-hybridized carbons (Fsp3) is 0.0769. The first-order valence-electron chi connectivity index (χ1n) is 5.77. The average Bonchev–Trinajstić information content (AvgIpc) is 2.78. The van der Waals surface area contributed by atoms with E-state index in [0.717, 1.165) is 5.56 Å². The summed E-state index contributed by atoms with van der Waals surface area (Å²) in [6, 6.07) is 6.95. The minimum atomic E-state index is -0.261. The van der Waals surface area contributed by atoms with Gasteiger partial charge in [0.2, 0.25) is 0 Å². The topological polar surface area (TPSA) is 76.0 Å². The lowest BCUT2D eigenvalue weighted by atomic mass is 10.1. The van der Waals surface area contributed by atoms with Crippen LogP contribution in [0.25, 0.3) is 5.65 Å². The van der Waals surface area contributed by atoms with Crippen LogP contribution < -0.4 is 5.69 Å². The molecule has 7 heteroatoms. The summed E-state index contributed by atoms with van der Waals surface area (Å²) >= 11 is 6.10. The maximum Gasteiger partial charge on any atom is 0.350 e. The Kier molecular flexibility index (Phi) is 2.97. The van der Waals surface area contributed by atoms with Crippen molar-refractivity contribution in [2.75, 3.05) is 0 Å². The molecule has 0 fully saturated rings. The van der Waals surface area contributed by atoms with E-state index in [2.05, 4.69) is 10.1 Å². The van der Waals surface area contributed by atoms with Gasteiger partial charge in [0.15, 0.2) is 5.65 Å². The molecule has 0 amide bonds. The van der Waals surface area contributed by atoms with E-state index in [0.29, 0.717) is 16.2 Å². The highest BCUT2D eigenvalue weighted by molar-refractivity contribution is 6.31. The SMILES string of the molecule is N#Cc1ccc(Cn2nc3cnccn3c2=O)c(Cl)c1. The lowest BCUT2D eigenvalue weighted by Crippen LogP contribution is -2.21. The molecule has 2 heterocycles. The second kappa shape index (κ2) is 4.79. The zero-order valence-electron chi connectivity index (χ0n) is 10.2. The Labute approximate surface area is 118 Å². The summed E-state index contributed by atoms with van der Waals surface area (Å²) in [7, 11) is 0. The van der Waals surface area contributed by atoms with Gasteiger partial charge >= 0.3 is 5.69 Å². The molecule has 0 spiro atoms. The molecule has 20 heavy (non-hydrogen) atoms. The molecule has 0 aliphatic heterocycles. The Hall–Kier alpha value is -2.65. The molecule has 0 atom stereocenters. The predicted octanol–water partition coefficient (Wildman–Crippen LogP) is 1.46. The lowest BCUT2D eigenvalue weighted by molar-refractivity contribution is 0.659. The van der Waals surface area contributed by atoms with Crippen molar-refractivity contribution in [3.63, 3.8) is 0 Å². The third kappa shape index (κ3) is 2.04. The van der Waals surface area contributed by atoms with E-state index in [1.54, 1.807) is 24.4 Å². The molecule has 98 valence electrons. The Morgan fingerprint density at radius 1 is 1.40 bits per heavy atom. The molecule has 0 radical (unpaired) electrons. The molecule has 0 bridgehead atoms. The first kappa shape index (κ1) is 12.4. The third-order valence-corrected chi connectivity index (χ3v) is 3.24. The summed E-state index contributed by atoms with van der Waals surface area (Å²) in [4.78, 5) is 16.0. The highest BCUT2D eigenvalue weighted by atomic mass is 35.5. The predicted molar refractivity (Wildman–Crippen MR) is 72.5 cm³/mol. The Morgan fingerprint density at radius 3 is 2.95 bits per heavy atom. The Balaban J connectivity index is 2.04. The van der Waals surface area contributed by atoms with Gasteiger partial charge in [0.25, 0.3) is 0 Å². The van der Waals surface area contributed by atoms with Gasteiger partial charge in [-0.1, -0.05) is 17.7 Å². The van der Waals surface area contributed by atoms with Crippen molar-refractivity contribution in [2.24, 2.45) is 0 Å². The molecule has 3 aromatic rings. The quantitative estimate of drug-likeness (QED) is 0.714. The molecule has 2 aromatic heterocycles. The van der Waals surface area contributed by atoms with E-state index in [9.17, 15) is 4.79 Å². The zero-order chi connectivity index (χ0) is 14.1. The first-order chi connectivity index (χ1) is 9.69. The fourth-order valence-corrected chi connectivity index (χ4v) is 2.13. The van der Waals surface area contributed by atoms with Crippen LogP contribution in [-0.4, -0.2) is 19.2 Å². The van der Waals surface area contributed by atoms with E-state index in [4.69, 9.17) is 16.9 Å². The van der Waals surface area contributed by atoms with Gasteiger partial charge < -0.3 is 0 Å². The molecule has 0 N–H and O–H groups in total. The van der Waals surface area contributed by atoms with Gasteiger partial charge in [-0.2, -0.15) is 5.26 Å². The van der Waals surface area contributed by atoms with Gasteiger partial charge in [0, 0.05) is 17.4 Å². The second-order valence-corrected chi connectivity index (χ2v) is 4.57. The molecule has 6 nitrogen and oxygen atoms in total. The number of halogens is 1. The molecular formula is C13H8ClN5O. The molecule has 0 aliphatic rings. The van der Waals surface area contributed by atoms with Gasteiger partial charge in [0.05, 0.1) is 24.4 Å². The number of nitrogens with zero attached hydrogens (tertiary/aromatic N) is 5. The van der Waals surface area contributed by atoms with E-state index in [1.165, 1.54) is 21.5 Å². The molecule has 1 aromatic carbocycles. The molecule has 0 saturated carbocycles. The third-order valence-electron chi connectivity index (χ3n) is 2.89. The molecular weight excluding hydrogens is 278 g/mol. The Bertz CT molecular complexity index is 890. The Morgan fingerprint density at radius 2 is 2.25 bits per heavy atom. The first-order valence-corrected chi connectivity index (χ1v) is 6.14. The van der Waals surface area contributed by atoms with Crippen molar-refractivity contribution < 1.29 is 0 Å². The van der Waals surface area contributed by atoms with Crippen molar-refractivity contribution in [1.29, 1.82) is 5.26 Å². The summed E-state index contributed by atoms with van der Waals surface area (Å²) in [5.41, 5.74) is 1.42. The minimum Gasteiger partial charge on any atom is -0.259 e. The van der Waals surface area contributed by atoms with Gasteiger partial charge in [-0.05, 0) is 17.7 Å². The summed E-state index contributed by atoms with van der Waals surface area (Å²) in [6.45, 7) is 0.241. The van der Waals surface area contributed by atoms with Crippen molar-refractivity contribution in [3.05, 3.63) is 63.4 Å². The standard InChI is InChI=1S/C13H8ClN5O/c14-11-5-9(6-15)1-2-10(11)8-19-13(20)18-4-3-16-7-12(18)17-19/h1-5,7H,8H2. The summed E-state index contributed by atoms with van der Waals surface area (Å²) in [5.74, 6) is 0. The number of benzene rings is 1. The van der Waals surface area contributed by atoms with Crippen LogP contribution in [0.15, 0.2) is 41.6 Å². The fourth-order valence-electron chi connectivity index (χ4n) is 1.89. The maximum absolute atomic E-state index is 12.1. The van der Waals surface area contributed by atoms with Crippen LogP contribution in [0.5, 0.6) is 0 Å². The van der Waals surface area contributed by atoms with E-state index in [1.807, 2.05) is 6.07 Å². The molecule has 3 rings (SSSR count). The normalized spacial score (nSPS) is 10.6. The number of fused-ring (bicyclic) bond motifs is 1. The van der Waals surface area contributed by atoms with Gasteiger partial charge in [-0.25, -0.2) is 13.9 Å². The van der Waals surface area contributed by atoms with Crippen LogP contribution in [0.1, 0.15) is 11.1 Å². The summed E-state index contributed by atoms with van der Waals surface area (Å²) < 4.78 is 2.72. The van der Waals surface area contributed by atoms with Crippen LogP contribution in [-0.2, 0) is 6.54 Å². The van der Waals surface area contributed by atoms with Crippen molar-refractivity contribution in [3.8, 4) is 6.07 Å². The van der Waals surface area contributed by atoms with Gasteiger partial charge in [0.1, 0.15) is 0 Å². The monoisotopic (exact) mass is 285 g/mol. The smallest absolute Gasteiger partial charge is 0.259 e. The van der Waals surface area contributed by atoms with Crippen molar-refractivity contribution >= 4 is 17.2 Å².